The molecule has 1 atom stereocenters. The summed E-state index contributed by atoms with van der Waals surface area (Å²) in [4.78, 5) is 10.9. The number of carbonyl (C=O) groups excluding carboxylic acids is 1. The van der Waals surface area contributed by atoms with Crippen LogP contribution in [0.25, 0.3) is 0 Å². The van der Waals surface area contributed by atoms with Gasteiger partial charge in [0.05, 0.1) is 0 Å². The second kappa shape index (κ2) is 17.4. The van der Waals surface area contributed by atoms with Crippen LogP contribution in [-0.4, -0.2) is 5.12 Å². The van der Waals surface area contributed by atoms with E-state index >= 15 is 0 Å². The van der Waals surface area contributed by atoms with Crippen molar-refractivity contribution in [3.05, 3.63) is 0 Å². The molecular formula is C20H40OS. The molecule has 0 N–H and O–H groups in total. The number of hydrogen-bond donors (Lipinski definition) is 1. The maximum atomic E-state index is 10.9. The summed E-state index contributed by atoms with van der Waals surface area (Å²) in [7, 11) is 0. The zero-order valence-corrected chi connectivity index (χ0v) is 16.1. The van der Waals surface area contributed by atoms with Crippen molar-refractivity contribution in [1.29, 1.82) is 0 Å². The van der Waals surface area contributed by atoms with Gasteiger partial charge in [-0.3, -0.25) is 4.79 Å². The summed E-state index contributed by atoms with van der Waals surface area (Å²) < 4.78 is 0. The average molecular weight is 329 g/mol. The summed E-state index contributed by atoms with van der Waals surface area (Å²) in [6.07, 6.45) is 21.5. The van der Waals surface area contributed by atoms with Crippen molar-refractivity contribution in [3.8, 4) is 0 Å². The molecule has 0 heterocycles. The van der Waals surface area contributed by atoms with E-state index in [1.54, 1.807) is 0 Å². The lowest BCUT2D eigenvalue weighted by molar-refractivity contribution is -0.111. The summed E-state index contributed by atoms with van der Waals surface area (Å²) >= 11 is 3.85. The molecule has 0 rings (SSSR count). The van der Waals surface area contributed by atoms with Crippen molar-refractivity contribution < 1.29 is 4.79 Å². The number of unbranched alkanes of at least 4 members (excludes halogenated alkanes) is 13. The maximum absolute atomic E-state index is 10.9. The topological polar surface area (TPSA) is 17.1 Å². The second-order valence-electron chi connectivity index (χ2n) is 7.09. The van der Waals surface area contributed by atoms with Crippen LogP contribution < -0.4 is 0 Å². The molecule has 0 aromatic heterocycles. The van der Waals surface area contributed by atoms with Gasteiger partial charge in [-0.1, -0.05) is 110 Å². The van der Waals surface area contributed by atoms with Crippen LogP contribution in [0.4, 0.5) is 0 Å². The summed E-state index contributed by atoms with van der Waals surface area (Å²) in [5.41, 5.74) is 0. The summed E-state index contributed by atoms with van der Waals surface area (Å²) in [5.74, 6) is 0.516. The lowest BCUT2D eigenvalue weighted by Crippen LogP contribution is -1.99. The molecular weight excluding hydrogens is 288 g/mol. The van der Waals surface area contributed by atoms with Crippen LogP contribution in [0.5, 0.6) is 0 Å². The Kier molecular flexibility index (Phi) is 17.4. The van der Waals surface area contributed by atoms with Gasteiger partial charge in [-0.2, -0.15) is 0 Å². The SMILES string of the molecule is CCCCCCCCCCCCCCCCC(C)CC(=O)S. The molecule has 1 unspecified atom stereocenters. The van der Waals surface area contributed by atoms with Crippen molar-refractivity contribution in [2.45, 2.75) is 117 Å². The summed E-state index contributed by atoms with van der Waals surface area (Å²) in [5, 5.41) is 0.0397. The molecule has 0 amide bonds. The fourth-order valence-corrected chi connectivity index (χ4v) is 3.40. The molecule has 0 bridgehead atoms. The Morgan fingerprint density at radius 1 is 0.727 bits per heavy atom. The zero-order chi connectivity index (χ0) is 16.5. The van der Waals surface area contributed by atoms with E-state index in [0.29, 0.717) is 12.3 Å². The number of carbonyl (C=O) groups is 1. The highest BCUT2D eigenvalue weighted by atomic mass is 32.1. The molecule has 22 heavy (non-hydrogen) atoms. The molecule has 0 saturated carbocycles. The first-order valence-corrected chi connectivity index (χ1v) is 10.3. The Morgan fingerprint density at radius 3 is 1.45 bits per heavy atom. The molecule has 0 aliphatic rings. The van der Waals surface area contributed by atoms with Gasteiger partial charge < -0.3 is 0 Å². The van der Waals surface area contributed by atoms with Crippen LogP contribution in [0.3, 0.4) is 0 Å². The molecule has 2 heteroatoms. The Hall–Kier alpha value is 0.0200. The van der Waals surface area contributed by atoms with Gasteiger partial charge in [0.1, 0.15) is 0 Å². The van der Waals surface area contributed by atoms with Crippen molar-refractivity contribution in [2.75, 3.05) is 0 Å². The van der Waals surface area contributed by atoms with Crippen LogP contribution in [0.15, 0.2) is 0 Å². The van der Waals surface area contributed by atoms with Crippen LogP contribution >= 0.6 is 12.6 Å². The Balaban J connectivity index is 3.07. The van der Waals surface area contributed by atoms with Gasteiger partial charge in [-0.15, -0.1) is 12.6 Å². The highest BCUT2D eigenvalue weighted by molar-refractivity contribution is 7.96. The molecule has 0 fully saturated rings. The molecule has 0 aromatic rings. The van der Waals surface area contributed by atoms with Gasteiger partial charge in [-0.25, -0.2) is 0 Å². The van der Waals surface area contributed by atoms with Gasteiger partial charge in [0.25, 0.3) is 0 Å². The molecule has 0 saturated heterocycles. The van der Waals surface area contributed by atoms with E-state index in [1.165, 1.54) is 96.3 Å². The largest absolute Gasteiger partial charge is 0.287 e. The Bertz CT molecular complexity index is 240. The molecule has 0 radical (unpaired) electrons. The lowest BCUT2D eigenvalue weighted by atomic mass is 9.99. The molecule has 1 nitrogen and oxygen atoms in total. The number of hydrogen-bond acceptors (Lipinski definition) is 1. The van der Waals surface area contributed by atoms with Gasteiger partial charge in [0.15, 0.2) is 5.12 Å². The predicted molar refractivity (Wildman–Crippen MR) is 103 cm³/mol. The normalized spacial score (nSPS) is 12.5. The van der Waals surface area contributed by atoms with Crippen molar-refractivity contribution in [1.82, 2.24) is 0 Å². The van der Waals surface area contributed by atoms with E-state index in [4.69, 9.17) is 0 Å². The number of rotatable bonds is 17. The standard InChI is InChI=1S/C20H40OS/c1-3-4-5-6-7-8-9-10-11-12-13-14-15-16-17-19(2)18-20(21)22/h19H,3-18H2,1-2H3,(H,21,22). The number of thiol groups is 1. The van der Waals surface area contributed by atoms with Gasteiger partial charge >= 0.3 is 0 Å². The third kappa shape index (κ3) is 18.1. The first-order valence-electron chi connectivity index (χ1n) is 9.88. The minimum absolute atomic E-state index is 0.0397. The first-order chi connectivity index (χ1) is 10.7. The lowest BCUT2D eigenvalue weighted by Gasteiger charge is -2.08. The molecule has 132 valence electrons. The monoisotopic (exact) mass is 328 g/mol. The Labute approximate surface area is 145 Å². The van der Waals surface area contributed by atoms with E-state index in [1.807, 2.05) is 0 Å². The van der Waals surface area contributed by atoms with Crippen LogP contribution in [0.1, 0.15) is 117 Å². The van der Waals surface area contributed by atoms with E-state index < -0.39 is 0 Å². The third-order valence-electron chi connectivity index (χ3n) is 4.57. The van der Waals surface area contributed by atoms with Gasteiger partial charge in [0.2, 0.25) is 0 Å². The summed E-state index contributed by atoms with van der Waals surface area (Å²) in [6.45, 7) is 4.44. The highest BCUT2D eigenvalue weighted by Crippen LogP contribution is 2.16. The minimum atomic E-state index is 0.0397. The minimum Gasteiger partial charge on any atom is -0.287 e. The molecule has 0 aliphatic heterocycles. The van der Waals surface area contributed by atoms with Crippen LogP contribution in [-0.2, 0) is 4.79 Å². The third-order valence-corrected chi connectivity index (χ3v) is 4.76. The van der Waals surface area contributed by atoms with Crippen LogP contribution in [0.2, 0.25) is 0 Å². The van der Waals surface area contributed by atoms with Gasteiger partial charge in [0, 0.05) is 6.42 Å². The van der Waals surface area contributed by atoms with Crippen molar-refractivity contribution in [2.24, 2.45) is 5.92 Å². The molecule has 0 aliphatic carbocycles. The van der Waals surface area contributed by atoms with Crippen LogP contribution in [0, 0.1) is 5.92 Å². The molecule has 0 spiro atoms. The van der Waals surface area contributed by atoms with E-state index in [-0.39, 0.29) is 5.12 Å². The smallest absolute Gasteiger partial charge is 0.186 e. The Morgan fingerprint density at radius 2 is 1.09 bits per heavy atom. The second-order valence-corrected chi connectivity index (χ2v) is 7.59. The fraction of sp³-hybridized carbons (Fsp3) is 0.950. The fourth-order valence-electron chi connectivity index (χ4n) is 3.09. The van der Waals surface area contributed by atoms with E-state index in [0.717, 1.165) is 0 Å². The predicted octanol–water partition coefficient (Wildman–Crippen LogP) is 7.34. The first kappa shape index (κ1) is 22.0. The average Bonchev–Trinajstić information content (AvgIpc) is 2.47. The van der Waals surface area contributed by atoms with E-state index in [9.17, 15) is 4.79 Å². The summed E-state index contributed by atoms with van der Waals surface area (Å²) in [6, 6.07) is 0. The maximum Gasteiger partial charge on any atom is 0.186 e. The highest BCUT2D eigenvalue weighted by Gasteiger charge is 2.05. The quantitative estimate of drug-likeness (QED) is 0.218. The van der Waals surface area contributed by atoms with Gasteiger partial charge in [-0.05, 0) is 5.92 Å². The zero-order valence-electron chi connectivity index (χ0n) is 15.2. The van der Waals surface area contributed by atoms with Crippen molar-refractivity contribution >= 4 is 17.7 Å². The van der Waals surface area contributed by atoms with E-state index in [2.05, 4.69) is 26.5 Å². The molecule has 0 aromatic carbocycles. The van der Waals surface area contributed by atoms with Crippen molar-refractivity contribution in [3.63, 3.8) is 0 Å².